The predicted molar refractivity (Wildman–Crippen MR) is 48.4 cm³/mol. The Morgan fingerprint density at radius 1 is 1.18 bits per heavy atom. The first kappa shape index (κ1) is 11.0. The van der Waals surface area contributed by atoms with Crippen molar-refractivity contribution in [3.05, 3.63) is 0 Å². The summed E-state index contributed by atoms with van der Waals surface area (Å²) in [6, 6.07) is 0. The maximum Gasteiger partial charge on any atom is 0.158 e. The molecule has 1 saturated carbocycles. The minimum Gasteiger partial charge on any atom is -0.228 e. The van der Waals surface area contributed by atoms with Gasteiger partial charge in [-0.25, -0.2) is 8.42 Å². The van der Waals surface area contributed by atoms with Gasteiger partial charge in [0.2, 0.25) is 0 Å². The van der Waals surface area contributed by atoms with Gasteiger partial charge in [0.1, 0.15) is 0 Å². The number of hydrogen-bond donors (Lipinski definition) is 0. The summed E-state index contributed by atoms with van der Waals surface area (Å²) in [7, 11) is -2.80. The lowest BCUT2D eigenvalue weighted by Gasteiger charge is -2.18. The third kappa shape index (κ3) is 1.95. The van der Waals surface area contributed by atoms with E-state index >= 15 is 0 Å². The van der Waals surface area contributed by atoms with Gasteiger partial charge in [-0.2, -0.15) is 0 Å². The average molecular weight is 178 g/mol. The van der Waals surface area contributed by atoms with Gasteiger partial charge in [0, 0.05) is 0 Å². The van der Waals surface area contributed by atoms with Gasteiger partial charge in [-0.3, -0.25) is 0 Å². The van der Waals surface area contributed by atoms with Crippen LogP contribution in [0, 0.1) is 0 Å². The fourth-order valence-corrected chi connectivity index (χ4v) is 2.64. The highest BCUT2D eigenvalue weighted by molar-refractivity contribution is 7.93. The van der Waals surface area contributed by atoms with E-state index in [9.17, 15) is 8.42 Å². The standard InChI is InChI=1S/C7H14O2S.CH4/c1-7(2,3)10(8,9)6-4-5-6;/h6H,4-5H2,1-3H3;1H4. The molecule has 0 aromatic carbocycles. The lowest BCUT2D eigenvalue weighted by atomic mass is 10.3. The monoisotopic (exact) mass is 178 g/mol. The molecule has 0 heterocycles. The molecule has 0 unspecified atom stereocenters. The number of sulfone groups is 1. The molecule has 0 aromatic heterocycles. The van der Waals surface area contributed by atoms with E-state index in [1.54, 1.807) is 20.8 Å². The largest absolute Gasteiger partial charge is 0.228 e. The molecule has 1 rings (SSSR count). The molecule has 3 heteroatoms. The molecule has 0 aliphatic heterocycles. The average Bonchev–Trinajstić information content (AvgIpc) is 2.38. The zero-order valence-electron chi connectivity index (χ0n) is 6.72. The van der Waals surface area contributed by atoms with Gasteiger partial charge in [0.05, 0.1) is 10.00 Å². The smallest absolute Gasteiger partial charge is 0.158 e. The Bertz CT molecular complexity index is 217. The van der Waals surface area contributed by atoms with Gasteiger partial charge < -0.3 is 0 Å². The van der Waals surface area contributed by atoms with Crippen molar-refractivity contribution in [2.24, 2.45) is 0 Å². The summed E-state index contributed by atoms with van der Waals surface area (Å²) >= 11 is 0. The van der Waals surface area contributed by atoms with Gasteiger partial charge in [-0.05, 0) is 33.6 Å². The fraction of sp³-hybridized carbons (Fsp3) is 1.00. The number of hydrogen-bond acceptors (Lipinski definition) is 2. The van der Waals surface area contributed by atoms with E-state index in [-0.39, 0.29) is 12.7 Å². The molecule has 11 heavy (non-hydrogen) atoms. The summed E-state index contributed by atoms with van der Waals surface area (Å²) in [6.45, 7) is 5.29. The zero-order valence-corrected chi connectivity index (χ0v) is 7.53. The van der Waals surface area contributed by atoms with Crippen LogP contribution in [0.25, 0.3) is 0 Å². The second-order valence-electron chi connectivity index (χ2n) is 3.86. The molecule has 1 aliphatic carbocycles. The van der Waals surface area contributed by atoms with Crippen LogP contribution in [0.1, 0.15) is 41.0 Å². The SMILES string of the molecule is C.CC(C)(C)S(=O)(=O)C1CC1. The van der Waals surface area contributed by atoms with Crippen LogP contribution in [-0.4, -0.2) is 18.4 Å². The maximum absolute atomic E-state index is 11.4. The summed E-state index contributed by atoms with van der Waals surface area (Å²) in [6.07, 6.45) is 1.75. The molecule has 0 spiro atoms. The van der Waals surface area contributed by atoms with Gasteiger partial charge in [0.15, 0.2) is 9.84 Å². The first-order valence-corrected chi connectivity index (χ1v) is 5.14. The molecule has 68 valence electrons. The maximum atomic E-state index is 11.4. The highest BCUT2D eigenvalue weighted by Crippen LogP contribution is 2.35. The van der Waals surface area contributed by atoms with Gasteiger partial charge >= 0.3 is 0 Å². The Morgan fingerprint density at radius 3 is 1.64 bits per heavy atom. The van der Waals surface area contributed by atoms with Crippen molar-refractivity contribution in [3.8, 4) is 0 Å². The van der Waals surface area contributed by atoms with Gasteiger partial charge in [-0.1, -0.05) is 7.43 Å². The second kappa shape index (κ2) is 2.77. The first-order valence-electron chi connectivity index (χ1n) is 3.59. The molecule has 0 saturated heterocycles. The Hall–Kier alpha value is -0.0500. The molecule has 0 bridgehead atoms. The molecule has 0 radical (unpaired) electrons. The van der Waals surface area contributed by atoms with Crippen LogP contribution >= 0.6 is 0 Å². The Balaban J connectivity index is 0.000001000. The highest BCUT2D eigenvalue weighted by atomic mass is 32.2. The lowest BCUT2D eigenvalue weighted by Crippen LogP contribution is -2.31. The van der Waals surface area contributed by atoms with Crippen molar-refractivity contribution in [1.82, 2.24) is 0 Å². The van der Waals surface area contributed by atoms with E-state index in [1.807, 2.05) is 0 Å². The quantitative estimate of drug-likeness (QED) is 0.615. The van der Waals surface area contributed by atoms with Crippen LogP contribution in [0.2, 0.25) is 0 Å². The minimum atomic E-state index is -2.80. The summed E-state index contributed by atoms with van der Waals surface area (Å²) in [5.41, 5.74) is 0. The van der Waals surface area contributed by atoms with Crippen LogP contribution in [0.15, 0.2) is 0 Å². The molecule has 2 nitrogen and oxygen atoms in total. The molecule has 1 aliphatic rings. The van der Waals surface area contributed by atoms with E-state index in [0.29, 0.717) is 0 Å². The topological polar surface area (TPSA) is 34.1 Å². The van der Waals surface area contributed by atoms with Crippen molar-refractivity contribution >= 4 is 9.84 Å². The Kier molecular flexibility index (Phi) is 2.76. The molecule has 0 amide bonds. The van der Waals surface area contributed by atoms with Crippen LogP contribution in [0.4, 0.5) is 0 Å². The van der Waals surface area contributed by atoms with E-state index in [4.69, 9.17) is 0 Å². The van der Waals surface area contributed by atoms with E-state index in [1.165, 1.54) is 0 Å². The minimum absolute atomic E-state index is 0. The van der Waals surface area contributed by atoms with Gasteiger partial charge in [0.25, 0.3) is 0 Å². The van der Waals surface area contributed by atoms with Crippen molar-refractivity contribution in [3.63, 3.8) is 0 Å². The van der Waals surface area contributed by atoms with Crippen LogP contribution in [0.3, 0.4) is 0 Å². The lowest BCUT2D eigenvalue weighted by molar-refractivity contribution is 0.559. The molecule has 0 aromatic rings. The normalized spacial score (nSPS) is 19.2. The molecular weight excluding hydrogens is 160 g/mol. The van der Waals surface area contributed by atoms with Crippen molar-refractivity contribution in [1.29, 1.82) is 0 Å². The third-order valence-electron chi connectivity index (χ3n) is 1.82. The fourth-order valence-electron chi connectivity index (χ4n) is 0.878. The number of rotatable bonds is 1. The van der Waals surface area contributed by atoms with Crippen LogP contribution in [-0.2, 0) is 9.84 Å². The highest BCUT2D eigenvalue weighted by Gasteiger charge is 2.43. The molecule has 0 N–H and O–H groups in total. The van der Waals surface area contributed by atoms with Crippen molar-refractivity contribution in [2.45, 2.75) is 51.0 Å². The van der Waals surface area contributed by atoms with Crippen LogP contribution in [0.5, 0.6) is 0 Å². The summed E-state index contributed by atoms with van der Waals surface area (Å²) in [5, 5.41) is -0.0208. The van der Waals surface area contributed by atoms with Crippen molar-refractivity contribution < 1.29 is 8.42 Å². The van der Waals surface area contributed by atoms with E-state index in [0.717, 1.165) is 12.8 Å². The first-order chi connectivity index (χ1) is 4.36. The molecule has 1 fully saturated rings. The second-order valence-corrected chi connectivity index (χ2v) is 6.84. The predicted octanol–water partition coefficient (Wildman–Crippen LogP) is 2.00. The molecule has 0 atom stereocenters. The Labute approximate surface area is 69.9 Å². The third-order valence-corrected chi connectivity index (χ3v) is 4.87. The summed E-state index contributed by atoms with van der Waals surface area (Å²) in [4.78, 5) is 0. The summed E-state index contributed by atoms with van der Waals surface area (Å²) < 4.78 is 22.3. The molecular formula is C8H18O2S. The Morgan fingerprint density at radius 2 is 1.55 bits per heavy atom. The van der Waals surface area contributed by atoms with Crippen molar-refractivity contribution in [2.75, 3.05) is 0 Å². The van der Waals surface area contributed by atoms with Crippen LogP contribution < -0.4 is 0 Å². The van der Waals surface area contributed by atoms with Gasteiger partial charge in [-0.15, -0.1) is 0 Å². The zero-order chi connectivity index (χ0) is 7.99. The van der Waals surface area contributed by atoms with E-state index in [2.05, 4.69) is 0 Å². The summed E-state index contributed by atoms with van der Waals surface area (Å²) in [5.74, 6) is 0. The van der Waals surface area contributed by atoms with E-state index < -0.39 is 14.6 Å².